The van der Waals surface area contributed by atoms with Crippen LogP contribution < -0.4 is 5.32 Å². The zero-order valence-corrected chi connectivity index (χ0v) is 18.4. The molecule has 0 aromatic heterocycles. The molecule has 1 heterocycles. The van der Waals surface area contributed by atoms with Crippen molar-refractivity contribution in [3.05, 3.63) is 45.1 Å². The number of ketones is 1. The maximum absolute atomic E-state index is 14.5. The number of carbonyl (C=O) groups is 3. The molecule has 3 rings (SSSR count). The van der Waals surface area contributed by atoms with E-state index in [1.807, 2.05) is 5.32 Å². The molecule has 31 heavy (non-hydrogen) atoms. The quantitative estimate of drug-likeness (QED) is 0.659. The van der Waals surface area contributed by atoms with Gasteiger partial charge in [-0.15, -0.1) is 0 Å². The Bertz CT molecular complexity index is 971. The number of allylic oxidation sites excluding steroid dienone is 1. The predicted molar refractivity (Wildman–Crippen MR) is 110 cm³/mol. The Morgan fingerprint density at radius 1 is 1.16 bits per heavy atom. The zero-order valence-electron chi connectivity index (χ0n) is 16.9. The van der Waals surface area contributed by atoms with Gasteiger partial charge in [0.05, 0.1) is 16.2 Å². The van der Waals surface area contributed by atoms with Gasteiger partial charge in [-0.2, -0.15) is 13.2 Å². The van der Waals surface area contributed by atoms with E-state index in [2.05, 4.69) is 0 Å². The van der Waals surface area contributed by atoms with Crippen molar-refractivity contribution in [2.45, 2.75) is 63.7 Å². The number of amides is 2. The monoisotopic (exact) mass is 476 g/mol. The lowest BCUT2D eigenvalue weighted by molar-refractivity contribution is -0.191. The molecule has 1 N–H and O–H groups in total. The maximum atomic E-state index is 14.5. The van der Waals surface area contributed by atoms with Crippen molar-refractivity contribution >= 4 is 40.8 Å². The fraction of sp³-hybridized carbons (Fsp3) is 0.476. The van der Waals surface area contributed by atoms with Gasteiger partial charge < -0.3 is 10.2 Å². The highest BCUT2D eigenvalue weighted by Gasteiger charge is 2.70. The summed E-state index contributed by atoms with van der Waals surface area (Å²) in [4.78, 5) is 39.6. The molecule has 168 valence electrons. The average molecular weight is 477 g/mol. The van der Waals surface area contributed by atoms with E-state index < -0.39 is 40.9 Å². The lowest BCUT2D eigenvalue weighted by Gasteiger charge is -2.36. The third-order valence-electron chi connectivity index (χ3n) is 5.83. The second-order valence-corrected chi connectivity index (χ2v) is 8.65. The normalized spacial score (nSPS) is 22.8. The Hall–Kier alpha value is -2.06. The first kappa shape index (κ1) is 23.6. The third-order valence-corrected chi connectivity index (χ3v) is 6.38. The van der Waals surface area contributed by atoms with Crippen molar-refractivity contribution in [3.63, 3.8) is 0 Å². The van der Waals surface area contributed by atoms with Crippen molar-refractivity contribution in [2.75, 3.05) is 0 Å². The second-order valence-electron chi connectivity index (χ2n) is 7.81. The van der Waals surface area contributed by atoms with Crippen molar-refractivity contribution < 1.29 is 27.6 Å². The molecule has 2 amide bonds. The molecule has 2 aliphatic rings. The molecule has 0 unspecified atom stereocenters. The Labute approximate surface area is 187 Å². The van der Waals surface area contributed by atoms with E-state index in [0.29, 0.717) is 12.8 Å². The van der Waals surface area contributed by atoms with Gasteiger partial charge in [-0.1, -0.05) is 42.5 Å². The van der Waals surface area contributed by atoms with Crippen LogP contribution in [-0.4, -0.2) is 40.3 Å². The van der Waals surface area contributed by atoms with Crippen molar-refractivity contribution in [1.82, 2.24) is 10.2 Å². The third kappa shape index (κ3) is 3.96. The summed E-state index contributed by atoms with van der Waals surface area (Å²) in [6, 6.07) is 3.19. The number of nitrogens with zero attached hydrogens (tertiary/aromatic N) is 1. The topological polar surface area (TPSA) is 66.5 Å². The summed E-state index contributed by atoms with van der Waals surface area (Å²) in [5, 5.41) is 1.84. The Morgan fingerprint density at radius 2 is 1.77 bits per heavy atom. The summed E-state index contributed by atoms with van der Waals surface area (Å²) in [7, 11) is 0. The molecule has 0 saturated heterocycles. The highest BCUT2D eigenvalue weighted by atomic mass is 35.5. The minimum absolute atomic E-state index is 0.0794. The van der Waals surface area contributed by atoms with E-state index in [-0.39, 0.29) is 21.3 Å². The second kappa shape index (κ2) is 8.47. The van der Waals surface area contributed by atoms with Gasteiger partial charge in [0.25, 0.3) is 11.8 Å². The Balaban J connectivity index is 2.13. The van der Waals surface area contributed by atoms with E-state index in [1.165, 1.54) is 19.1 Å². The average Bonchev–Trinajstić information content (AvgIpc) is 2.89. The van der Waals surface area contributed by atoms with Crippen molar-refractivity contribution in [3.8, 4) is 0 Å². The summed E-state index contributed by atoms with van der Waals surface area (Å²) < 4.78 is 43.6. The van der Waals surface area contributed by atoms with Gasteiger partial charge >= 0.3 is 6.18 Å². The Morgan fingerprint density at radius 3 is 2.29 bits per heavy atom. The van der Waals surface area contributed by atoms with Crippen LogP contribution in [0.4, 0.5) is 13.2 Å². The molecule has 1 saturated carbocycles. The van der Waals surface area contributed by atoms with E-state index >= 15 is 0 Å². The molecular weight excluding hydrogens is 456 g/mol. The van der Waals surface area contributed by atoms with Crippen LogP contribution in [0.25, 0.3) is 0 Å². The lowest BCUT2D eigenvalue weighted by atomic mass is 9.86. The first-order chi connectivity index (χ1) is 14.4. The van der Waals surface area contributed by atoms with Crippen molar-refractivity contribution in [1.29, 1.82) is 0 Å². The number of carbonyl (C=O) groups excluding carboxylic acids is 3. The molecular formula is C21H21Cl2F3N2O3. The summed E-state index contributed by atoms with van der Waals surface area (Å²) in [5.41, 5.74) is -4.63. The molecule has 1 aliphatic heterocycles. The number of halogens is 5. The van der Waals surface area contributed by atoms with Crippen LogP contribution in [0.2, 0.25) is 10.0 Å². The highest BCUT2D eigenvalue weighted by Crippen LogP contribution is 2.47. The molecule has 1 aromatic carbocycles. The summed E-state index contributed by atoms with van der Waals surface area (Å²) >= 11 is 11.8. The van der Waals surface area contributed by atoms with Crippen LogP contribution in [0, 0.1) is 0 Å². The molecule has 10 heteroatoms. The number of rotatable bonds is 4. The molecule has 0 spiro atoms. The maximum Gasteiger partial charge on any atom is 0.425 e. The molecule has 1 atom stereocenters. The number of benzene rings is 1. The van der Waals surface area contributed by atoms with Crippen LogP contribution in [0.15, 0.2) is 29.5 Å². The van der Waals surface area contributed by atoms with Crippen LogP contribution in [0.3, 0.4) is 0 Å². The number of hydrogen-bond donors (Lipinski definition) is 1. The van der Waals surface area contributed by atoms with Crippen LogP contribution in [0.1, 0.15) is 56.3 Å². The number of alkyl halides is 3. The fourth-order valence-electron chi connectivity index (χ4n) is 4.49. The zero-order chi connectivity index (χ0) is 23.1. The molecule has 5 nitrogen and oxygen atoms in total. The molecule has 0 radical (unpaired) electrons. The van der Waals surface area contributed by atoms with Gasteiger partial charge in [-0.25, -0.2) is 0 Å². The summed E-state index contributed by atoms with van der Waals surface area (Å²) in [6.45, 7) is 2.27. The smallest absolute Gasteiger partial charge is 0.326 e. The summed E-state index contributed by atoms with van der Waals surface area (Å²) in [5.74, 6) is -3.54. The largest absolute Gasteiger partial charge is 0.425 e. The van der Waals surface area contributed by atoms with Gasteiger partial charge in [-0.05, 0) is 44.9 Å². The lowest BCUT2D eigenvalue weighted by Crippen LogP contribution is -2.66. The summed E-state index contributed by atoms with van der Waals surface area (Å²) in [6.07, 6.45) is -1.74. The standard InChI is InChI=1S/C21H21Cl2F3N2O3/c1-11-17(12(2)29)20(21(24,25)26,19(31)28(11)14-6-4-3-5-7-14)27-18(30)15-9-8-13(22)10-16(15)23/h8-10,14H,3-7H2,1-2H3,(H,27,30)/t20-/m0/s1. The van der Waals surface area contributed by atoms with Crippen LogP contribution in [-0.2, 0) is 9.59 Å². The van der Waals surface area contributed by atoms with E-state index in [4.69, 9.17) is 23.2 Å². The van der Waals surface area contributed by atoms with Gasteiger partial charge in [0.2, 0.25) is 5.54 Å². The predicted octanol–water partition coefficient (Wildman–Crippen LogP) is 5.06. The van der Waals surface area contributed by atoms with Crippen LogP contribution >= 0.6 is 23.2 Å². The minimum atomic E-state index is -5.26. The van der Waals surface area contributed by atoms with E-state index in [1.54, 1.807) is 0 Å². The van der Waals surface area contributed by atoms with Gasteiger partial charge in [0.1, 0.15) is 0 Å². The molecule has 1 aliphatic carbocycles. The first-order valence-corrected chi connectivity index (χ1v) is 10.6. The Kier molecular flexibility index (Phi) is 6.45. The first-order valence-electron chi connectivity index (χ1n) is 9.82. The number of nitrogens with one attached hydrogen (secondary N) is 1. The molecule has 0 bridgehead atoms. The highest BCUT2D eigenvalue weighted by molar-refractivity contribution is 6.36. The van der Waals surface area contributed by atoms with Gasteiger partial charge in [0.15, 0.2) is 5.78 Å². The number of Topliss-reactive ketones (excluding diaryl/α,β-unsaturated/α-hetero) is 1. The molecule has 1 fully saturated rings. The minimum Gasteiger partial charge on any atom is -0.326 e. The SMILES string of the molecule is CC(=O)C1=C(C)N(C2CCCCC2)C(=O)[C@]1(NC(=O)c1ccc(Cl)cc1Cl)C(F)(F)F. The van der Waals surface area contributed by atoms with Gasteiger partial charge in [0, 0.05) is 16.8 Å². The fourth-order valence-corrected chi connectivity index (χ4v) is 4.98. The molecule has 1 aromatic rings. The number of hydrogen-bond acceptors (Lipinski definition) is 3. The van der Waals surface area contributed by atoms with E-state index in [9.17, 15) is 27.6 Å². The van der Waals surface area contributed by atoms with E-state index in [0.717, 1.165) is 37.2 Å². The van der Waals surface area contributed by atoms with Crippen LogP contribution in [0.5, 0.6) is 0 Å². The van der Waals surface area contributed by atoms with Crippen molar-refractivity contribution in [2.24, 2.45) is 0 Å². The van der Waals surface area contributed by atoms with Gasteiger partial charge in [-0.3, -0.25) is 14.4 Å².